The zero-order chi connectivity index (χ0) is 22.8. The van der Waals surface area contributed by atoms with E-state index in [-0.39, 0.29) is 23.7 Å². The molecule has 3 N–H and O–H groups in total. The number of nitrogen functional groups attached to an aromatic ring is 1. The molecule has 0 radical (unpaired) electrons. The Morgan fingerprint density at radius 1 is 1.22 bits per heavy atom. The Balaban J connectivity index is 1.52. The van der Waals surface area contributed by atoms with E-state index in [4.69, 9.17) is 14.9 Å². The number of nitrogens with two attached hydrogens (primary N) is 1. The lowest BCUT2D eigenvalue weighted by molar-refractivity contribution is 0.102. The second-order valence-electron chi connectivity index (χ2n) is 6.81. The Bertz CT molecular complexity index is 1280. The van der Waals surface area contributed by atoms with Gasteiger partial charge in [0, 0.05) is 11.6 Å². The third kappa shape index (κ3) is 4.13. The highest BCUT2D eigenvalue weighted by molar-refractivity contribution is 6.05. The number of methoxy groups -OCH3 is 1. The molecule has 0 saturated heterocycles. The lowest BCUT2D eigenvalue weighted by Gasteiger charge is -2.05. The fourth-order valence-corrected chi connectivity index (χ4v) is 2.94. The van der Waals surface area contributed by atoms with Gasteiger partial charge in [0.2, 0.25) is 5.89 Å². The maximum Gasteiger partial charge on any atom is 0.280 e. The summed E-state index contributed by atoms with van der Waals surface area (Å²) < 4.78 is 39.0. The highest BCUT2D eigenvalue weighted by Gasteiger charge is 2.21. The van der Waals surface area contributed by atoms with Crippen molar-refractivity contribution in [3.8, 4) is 17.2 Å². The number of carbonyl (C=O) groups is 1. The minimum Gasteiger partial charge on any atom is -0.497 e. The number of aryl methyl sites for hydroxylation is 1. The Labute approximate surface area is 180 Å². The molecule has 4 aromatic rings. The molecule has 0 unspecified atom stereocenters. The number of aromatic nitrogens is 4. The molecule has 0 bridgehead atoms. The first-order chi connectivity index (χ1) is 15.4. The molecule has 0 atom stereocenters. The van der Waals surface area contributed by atoms with Crippen molar-refractivity contribution in [1.82, 2.24) is 20.0 Å². The molecule has 0 aliphatic carbocycles. The van der Waals surface area contributed by atoms with Gasteiger partial charge >= 0.3 is 0 Å². The Kier molecular flexibility index (Phi) is 5.54. The van der Waals surface area contributed by atoms with Crippen LogP contribution in [0.25, 0.3) is 11.5 Å². The van der Waals surface area contributed by atoms with Crippen LogP contribution in [-0.4, -0.2) is 33.0 Å². The summed E-state index contributed by atoms with van der Waals surface area (Å²) in [7, 11) is 1.58. The standard InChI is InChI=1S/C21H18F2N6O3/c1-11-17(26-21(32-11)12-3-6-14(31-2)7-4-12)10-29-19(24)18(27-28-29)20(30)25-16-8-5-13(22)9-15(16)23/h3-9H,10,24H2,1-2H3,(H,25,30). The van der Waals surface area contributed by atoms with Crippen molar-refractivity contribution in [3.05, 3.63) is 71.2 Å². The Morgan fingerprint density at radius 3 is 2.66 bits per heavy atom. The molecule has 1 amide bonds. The van der Waals surface area contributed by atoms with Crippen molar-refractivity contribution in [3.63, 3.8) is 0 Å². The van der Waals surface area contributed by atoms with Gasteiger partial charge in [0.15, 0.2) is 11.5 Å². The summed E-state index contributed by atoms with van der Waals surface area (Å²) in [6, 6.07) is 9.99. The van der Waals surface area contributed by atoms with E-state index in [0.717, 1.165) is 17.7 Å². The van der Waals surface area contributed by atoms with Gasteiger partial charge < -0.3 is 20.2 Å². The number of nitrogens with zero attached hydrogens (tertiary/aromatic N) is 4. The van der Waals surface area contributed by atoms with Crippen LogP contribution in [0.3, 0.4) is 0 Å². The van der Waals surface area contributed by atoms with Crippen LogP contribution in [0.2, 0.25) is 0 Å². The number of benzene rings is 2. The summed E-state index contributed by atoms with van der Waals surface area (Å²) in [6.07, 6.45) is 0. The number of halogens is 2. The van der Waals surface area contributed by atoms with Crippen LogP contribution in [0, 0.1) is 18.6 Å². The molecule has 2 aromatic heterocycles. The van der Waals surface area contributed by atoms with Gasteiger partial charge in [-0.15, -0.1) is 5.10 Å². The van der Waals surface area contributed by atoms with Crippen LogP contribution >= 0.6 is 0 Å². The summed E-state index contributed by atoms with van der Waals surface area (Å²) >= 11 is 0. The smallest absolute Gasteiger partial charge is 0.280 e. The molecule has 0 saturated carbocycles. The molecule has 0 spiro atoms. The van der Waals surface area contributed by atoms with Crippen LogP contribution in [0.4, 0.5) is 20.3 Å². The highest BCUT2D eigenvalue weighted by Crippen LogP contribution is 2.25. The van der Waals surface area contributed by atoms with E-state index in [0.29, 0.717) is 29.2 Å². The molecule has 9 nitrogen and oxygen atoms in total. The molecule has 0 aliphatic heterocycles. The van der Waals surface area contributed by atoms with Gasteiger partial charge in [0.05, 0.1) is 19.3 Å². The van der Waals surface area contributed by atoms with E-state index in [1.165, 1.54) is 4.68 Å². The minimum atomic E-state index is -0.923. The third-order valence-electron chi connectivity index (χ3n) is 4.70. The van der Waals surface area contributed by atoms with E-state index in [1.807, 2.05) is 12.1 Å². The lowest BCUT2D eigenvalue weighted by atomic mass is 10.2. The summed E-state index contributed by atoms with van der Waals surface area (Å²) in [6.45, 7) is 1.84. The molecule has 0 aliphatic rings. The predicted molar refractivity (Wildman–Crippen MR) is 111 cm³/mol. The van der Waals surface area contributed by atoms with E-state index < -0.39 is 17.5 Å². The summed E-state index contributed by atoms with van der Waals surface area (Å²) in [4.78, 5) is 16.9. The maximum absolute atomic E-state index is 13.8. The molecular weight excluding hydrogens is 422 g/mol. The van der Waals surface area contributed by atoms with Crippen molar-refractivity contribution in [1.29, 1.82) is 0 Å². The van der Waals surface area contributed by atoms with Crippen molar-refractivity contribution in [2.24, 2.45) is 0 Å². The highest BCUT2D eigenvalue weighted by atomic mass is 19.1. The van der Waals surface area contributed by atoms with Crippen LogP contribution in [-0.2, 0) is 6.54 Å². The average molecular weight is 440 g/mol. The quantitative estimate of drug-likeness (QED) is 0.471. The number of nitrogens with one attached hydrogen (secondary N) is 1. The molecule has 4 rings (SSSR count). The SMILES string of the molecule is COc1ccc(-c2nc(Cn3nnc(C(=O)Nc4ccc(F)cc4F)c3N)c(C)o2)cc1. The van der Waals surface area contributed by atoms with Gasteiger partial charge in [-0.05, 0) is 43.3 Å². The number of carbonyl (C=O) groups excluding carboxylic acids is 1. The van der Waals surface area contributed by atoms with Gasteiger partial charge in [-0.25, -0.2) is 18.4 Å². The van der Waals surface area contributed by atoms with Gasteiger partial charge in [-0.1, -0.05) is 5.21 Å². The number of hydrogen-bond acceptors (Lipinski definition) is 7. The van der Waals surface area contributed by atoms with Crippen molar-refractivity contribution >= 4 is 17.4 Å². The van der Waals surface area contributed by atoms with E-state index in [9.17, 15) is 13.6 Å². The van der Waals surface area contributed by atoms with E-state index in [1.54, 1.807) is 26.2 Å². The number of rotatable bonds is 6. The molecule has 2 heterocycles. The molecular formula is C21H18F2N6O3. The molecule has 2 aromatic carbocycles. The minimum absolute atomic E-state index is 0.0431. The second-order valence-corrected chi connectivity index (χ2v) is 6.81. The number of amides is 1. The Hall–Kier alpha value is -4.28. The monoisotopic (exact) mass is 440 g/mol. The van der Waals surface area contributed by atoms with Crippen LogP contribution in [0.1, 0.15) is 21.9 Å². The summed E-state index contributed by atoms with van der Waals surface area (Å²) in [5, 5.41) is 9.96. The van der Waals surface area contributed by atoms with Crippen LogP contribution in [0.15, 0.2) is 46.9 Å². The molecule has 0 fully saturated rings. The van der Waals surface area contributed by atoms with Crippen LogP contribution in [0.5, 0.6) is 5.75 Å². The van der Waals surface area contributed by atoms with Crippen molar-refractivity contribution < 1.29 is 22.7 Å². The first-order valence-electron chi connectivity index (χ1n) is 9.41. The molecule has 11 heteroatoms. The number of hydrogen-bond donors (Lipinski definition) is 2. The number of oxazole rings is 1. The fraction of sp³-hybridized carbons (Fsp3) is 0.143. The van der Waals surface area contributed by atoms with Gasteiger partial charge in [0.1, 0.15) is 28.8 Å². The zero-order valence-corrected chi connectivity index (χ0v) is 17.1. The van der Waals surface area contributed by atoms with Crippen molar-refractivity contribution in [2.75, 3.05) is 18.2 Å². The average Bonchev–Trinajstić information content (AvgIpc) is 3.33. The fourth-order valence-electron chi connectivity index (χ4n) is 2.94. The van der Waals surface area contributed by atoms with Crippen molar-refractivity contribution in [2.45, 2.75) is 13.5 Å². The van der Waals surface area contributed by atoms with E-state index >= 15 is 0 Å². The van der Waals surface area contributed by atoms with Gasteiger partial charge in [-0.3, -0.25) is 4.79 Å². The normalized spacial score (nSPS) is 10.9. The van der Waals surface area contributed by atoms with Gasteiger partial charge in [-0.2, -0.15) is 0 Å². The van der Waals surface area contributed by atoms with Crippen LogP contribution < -0.4 is 15.8 Å². The van der Waals surface area contributed by atoms with E-state index in [2.05, 4.69) is 20.6 Å². The first-order valence-corrected chi connectivity index (χ1v) is 9.41. The third-order valence-corrected chi connectivity index (χ3v) is 4.70. The molecule has 164 valence electrons. The van der Waals surface area contributed by atoms with Gasteiger partial charge in [0.25, 0.3) is 5.91 Å². The number of anilines is 2. The second kappa shape index (κ2) is 8.46. The summed E-state index contributed by atoms with van der Waals surface area (Å²) in [5.41, 5.74) is 6.91. The topological polar surface area (TPSA) is 121 Å². The number of ether oxygens (including phenoxy) is 1. The predicted octanol–water partition coefficient (Wildman–Crippen LogP) is 3.41. The lowest BCUT2D eigenvalue weighted by Crippen LogP contribution is -2.16. The first kappa shape index (κ1) is 21.0. The largest absolute Gasteiger partial charge is 0.497 e. The zero-order valence-electron chi connectivity index (χ0n) is 17.1. The Morgan fingerprint density at radius 2 is 1.97 bits per heavy atom. The maximum atomic E-state index is 13.8. The molecule has 32 heavy (non-hydrogen) atoms. The summed E-state index contributed by atoms with van der Waals surface area (Å²) in [5.74, 6) is -0.849.